The summed E-state index contributed by atoms with van der Waals surface area (Å²) in [5.74, 6) is -0.00294. The number of carboxylic acids is 1. The van der Waals surface area contributed by atoms with Gasteiger partial charge in [0.2, 0.25) is 0 Å². The molecule has 1 aromatic carbocycles. The monoisotopic (exact) mass is 275 g/mol. The Kier molecular flexibility index (Phi) is 4.48. The van der Waals surface area contributed by atoms with Crippen molar-refractivity contribution in [1.82, 2.24) is 4.90 Å². The van der Waals surface area contributed by atoms with Crippen LogP contribution >= 0.6 is 0 Å². The Bertz CT molecular complexity index is 478. The third-order valence-corrected chi connectivity index (χ3v) is 4.57. The predicted molar refractivity (Wildman–Crippen MR) is 80.9 cm³/mol. The third-order valence-electron chi connectivity index (χ3n) is 4.57. The van der Waals surface area contributed by atoms with Crippen molar-refractivity contribution >= 4 is 5.97 Å². The van der Waals surface area contributed by atoms with Gasteiger partial charge >= 0.3 is 5.97 Å². The number of rotatable bonds is 4. The molecule has 1 aliphatic rings. The second-order valence-electron chi connectivity index (χ2n) is 6.41. The molecule has 0 spiro atoms. The first kappa shape index (κ1) is 15.0. The normalized spacial score (nSPS) is 20.6. The van der Waals surface area contributed by atoms with Gasteiger partial charge in [-0.05, 0) is 51.3 Å². The van der Waals surface area contributed by atoms with Crippen LogP contribution in [-0.4, -0.2) is 34.6 Å². The van der Waals surface area contributed by atoms with Gasteiger partial charge in [0, 0.05) is 6.42 Å². The van der Waals surface area contributed by atoms with Gasteiger partial charge in [-0.1, -0.05) is 36.8 Å². The molecule has 1 saturated heterocycles. The first-order valence-electron chi connectivity index (χ1n) is 7.46. The van der Waals surface area contributed by atoms with Crippen LogP contribution in [0.25, 0.3) is 0 Å². The van der Waals surface area contributed by atoms with Crippen molar-refractivity contribution in [2.75, 3.05) is 13.1 Å². The average Bonchev–Trinajstić information content (AvgIpc) is 2.39. The van der Waals surface area contributed by atoms with Crippen molar-refractivity contribution < 1.29 is 9.90 Å². The highest BCUT2D eigenvalue weighted by atomic mass is 16.4. The zero-order valence-electron chi connectivity index (χ0n) is 12.7. The molecule has 0 amide bonds. The number of aliphatic carboxylic acids is 1. The number of hydrogen-bond donors (Lipinski definition) is 1. The van der Waals surface area contributed by atoms with Crippen LogP contribution in [0.4, 0.5) is 0 Å². The number of nitrogens with zero attached hydrogens (tertiary/aromatic N) is 1. The average molecular weight is 275 g/mol. The summed E-state index contributed by atoms with van der Waals surface area (Å²) in [5, 5.41) is 9.74. The number of likely N-dealkylation sites (tertiary alicyclic amines) is 1. The Morgan fingerprint density at radius 2 is 2.05 bits per heavy atom. The van der Waals surface area contributed by atoms with E-state index in [1.165, 1.54) is 5.56 Å². The molecule has 0 aromatic heterocycles. The molecular weight excluding hydrogens is 250 g/mol. The Labute approximate surface area is 121 Å². The number of hydrogen-bond acceptors (Lipinski definition) is 2. The maximum atomic E-state index is 11.8. The lowest BCUT2D eigenvalue weighted by Gasteiger charge is -2.42. The molecule has 1 aliphatic heterocycles. The minimum absolute atomic E-state index is 0.568. The molecule has 1 aromatic rings. The van der Waals surface area contributed by atoms with Crippen LogP contribution in [0.5, 0.6) is 0 Å². The van der Waals surface area contributed by atoms with Gasteiger partial charge in [-0.25, -0.2) is 0 Å². The molecule has 0 bridgehead atoms. The smallest absolute Gasteiger partial charge is 0.324 e. The van der Waals surface area contributed by atoms with Crippen molar-refractivity contribution in [1.29, 1.82) is 0 Å². The van der Waals surface area contributed by atoms with Crippen molar-refractivity contribution in [2.45, 2.75) is 45.6 Å². The Balaban J connectivity index is 2.19. The Morgan fingerprint density at radius 3 is 2.60 bits per heavy atom. The van der Waals surface area contributed by atoms with E-state index in [0.29, 0.717) is 12.3 Å². The van der Waals surface area contributed by atoms with E-state index in [1.54, 1.807) is 0 Å². The van der Waals surface area contributed by atoms with Gasteiger partial charge in [-0.3, -0.25) is 9.69 Å². The molecule has 0 saturated carbocycles. The van der Waals surface area contributed by atoms with E-state index in [0.717, 1.165) is 31.5 Å². The van der Waals surface area contributed by atoms with E-state index in [2.05, 4.69) is 17.9 Å². The first-order chi connectivity index (χ1) is 9.41. The highest BCUT2D eigenvalue weighted by Crippen LogP contribution is 2.27. The largest absolute Gasteiger partial charge is 0.480 e. The fraction of sp³-hybridized carbons (Fsp3) is 0.588. The fourth-order valence-electron chi connectivity index (χ4n) is 3.04. The summed E-state index contributed by atoms with van der Waals surface area (Å²) in [6, 6.07) is 8.17. The number of piperidine rings is 1. The molecule has 3 nitrogen and oxygen atoms in total. The fourth-order valence-corrected chi connectivity index (χ4v) is 3.04. The summed E-state index contributed by atoms with van der Waals surface area (Å²) in [5.41, 5.74) is 1.49. The molecule has 0 aliphatic carbocycles. The lowest BCUT2D eigenvalue weighted by Crippen LogP contribution is -2.56. The summed E-state index contributed by atoms with van der Waals surface area (Å²) in [6.07, 6.45) is 2.76. The highest BCUT2D eigenvalue weighted by molar-refractivity contribution is 5.78. The molecule has 20 heavy (non-hydrogen) atoms. The van der Waals surface area contributed by atoms with Gasteiger partial charge in [-0.2, -0.15) is 0 Å². The van der Waals surface area contributed by atoms with Gasteiger partial charge in [0.25, 0.3) is 0 Å². The quantitative estimate of drug-likeness (QED) is 0.918. The van der Waals surface area contributed by atoms with Gasteiger partial charge in [0.05, 0.1) is 0 Å². The number of benzene rings is 1. The van der Waals surface area contributed by atoms with Gasteiger partial charge in [0.15, 0.2) is 0 Å². The lowest BCUT2D eigenvalue weighted by molar-refractivity contribution is -0.151. The summed E-state index contributed by atoms with van der Waals surface area (Å²) in [6.45, 7) is 7.93. The molecule has 110 valence electrons. The second-order valence-corrected chi connectivity index (χ2v) is 6.41. The van der Waals surface area contributed by atoms with E-state index in [1.807, 2.05) is 32.0 Å². The third kappa shape index (κ3) is 3.21. The van der Waals surface area contributed by atoms with Crippen molar-refractivity contribution in [3.05, 3.63) is 35.4 Å². The van der Waals surface area contributed by atoms with Crippen LogP contribution in [0.2, 0.25) is 0 Å². The van der Waals surface area contributed by atoms with E-state index in [-0.39, 0.29) is 0 Å². The lowest BCUT2D eigenvalue weighted by atomic mass is 9.87. The van der Waals surface area contributed by atoms with Crippen LogP contribution in [0, 0.1) is 12.8 Å². The molecule has 1 unspecified atom stereocenters. The minimum Gasteiger partial charge on any atom is -0.480 e. The number of carbonyl (C=O) groups is 1. The SMILES string of the molecule is Cc1cccc(CC(C)(C(=O)O)N2CCC(C)CC2)c1. The van der Waals surface area contributed by atoms with Gasteiger partial charge in [0.1, 0.15) is 5.54 Å². The zero-order chi connectivity index (χ0) is 14.8. The molecule has 0 radical (unpaired) electrons. The molecule has 1 heterocycles. The standard InChI is InChI=1S/C17H25NO2/c1-13-7-9-18(10-8-13)17(3,16(19)20)12-15-6-4-5-14(2)11-15/h4-6,11,13H,7-10,12H2,1-3H3,(H,19,20). The van der Waals surface area contributed by atoms with Crippen molar-refractivity contribution in [3.63, 3.8) is 0 Å². The molecular formula is C17H25NO2. The molecule has 3 heteroatoms. The maximum absolute atomic E-state index is 11.8. The topological polar surface area (TPSA) is 40.5 Å². The van der Waals surface area contributed by atoms with Crippen LogP contribution in [0.3, 0.4) is 0 Å². The van der Waals surface area contributed by atoms with Gasteiger partial charge in [-0.15, -0.1) is 0 Å². The summed E-state index contributed by atoms with van der Waals surface area (Å²) >= 11 is 0. The van der Waals surface area contributed by atoms with Gasteiger partial charge < -0.3 is 5.11 Å². The summed E-state index contributed by atoms with van der Waals surface area (Å²) in [4.78, 5) is 14.0. The van der Waals surface area contributed by atoms with Crippen LogP contribution in [0.1, 0.15) is 37.8 Å². The van der Waals surface area contributed by atoms with E-state index in [9.17, 15) is 9.90 Å². The molecule has 1 fully saturated rings. The highest BCUT2D eigenvalue weighted by Gasteiger charge is 2.40. The van der Waals surface area contributed by atoms with E-state index in [4.69, 9.17) is 0 Å². The molecule has 1 atom stereocenters. The van der Waals surface area contributed by atoms with Crippen molar-refractivity contribution in [2.24, 2.45) is 5.92 Å². The minimum atomic E-state index is -0.798. The summed E-state index contributed by atoms with van der Waals surface area (Å²) in [7, 11) is 0. The maximum Gasteiger partial charge on any atom is 0.324 e. The van der Waals surface area contributed by atoms with Crippen LogP contribution in [-0.2, 0) is 11.2 Å². The number of carboxylic acid groups (broad SMARTS) is 1. The Morgan fingerprint density at radius 1 is 1.40 bits per heavy atom. The first-order valence-corrected chi connectivity index (χ1v) is 7.46. The van der Waals surface area contributed by atoms with E-state index < -0.39 is 11.5 Å². The van der Waals surface area contributed by atoms with E-state index >= 15 is 0 Å². The second kappa shape index (κ2) is 5.96. The number of aryl methyl sites for hydroxylation is 1. The molecule has 2 rings (SSSR count). The zero-order valence-corrected chi connectivity index (χ0v) is 12.7. The summed E-state index contributed by atoms with van der Waals surface area (Å²) < 4.78 is 0. The van der Waals surface area contributed by atoms with Crippen LogP contribution < -0.4 is 0 Å². The predicted octanol–water partition coefficient (Wildman–Crippen LogP) is 3.11. The van der Waals surface area contributed by atoms with Crippen molar-refractivity contribution in [3.8, 4) is 0 Å². The molecule has 1 N–H and O–H groups in total. The Hall–Kier alpha value is -1.35. The van der Waals surface area contributed by atoms with Crippen LogP contribution in [0.15, 0.2) is 24.3 Å².